The van der Waals surface area contributed by atoms with Gasteiger partial charge in [-0.25, -0.2) is 4.98 Å². The van der Waals surface area contributed by atoms with Crippen LogP contribution in [0.3, 0.4) is 0 Å². The van der Waals surface area contributed by atoms with Gasteiger partial charge in [-0.15, -0.1) is 13.2 Å². The second kappa shape index (κ2) is 14.8. The van der Waals surface area contributed by atoms with Gasteiger partial charge in [0, 0.05) is 35.4 Å². The summed E-state index contributed by atoms with van der Waals surface area (Å²) in [6.45, 7) is 15.6. The van der Waals surface area contributed by atoms with Gasteiger partial charge in [0.25, 0.3) is 0 Å². The molecule has 0 fully saturated rings. The monoisotopic (exact) mass is 666 g/mol. The average Bonchev–Trinajstić information content (AvgIpc) is 3.21. The highest BCUT2D eigenvalue weighted by molar-refractivity contribution is 6.76. The number of halogens is 5. The molecule has 0 N–H and O–H groups in total. The van der Waals surface area contributed by atoms with E-state index in [1.807, 2.05) is 4.57 Å². The highest BCUT2D eigenvalue weighted by Gasteiger charge is 2.31. The normalized spacial score (nSPS) is 12.7. The number of ether oxygens (including phenoxy) is 5. The summed E-state index contributed by atoms with van der Waals surface area (Å²) in [5, 5.41) is 0.434. The molecule has 0 atom stereocenters. The second-order valence-electron chi connectivity index (χ2n) is 12.3. The van der Waals surface area contributed by atoms with E-state index in [4.69, 9.17) is 47.1 Å². The molecule has 7 nitrogen and oxygen atoms in total. The lowest BCUT2D eigenvalue weighted by Gasteiger charge is -2.17. The minimum atomic E-state index is -4.76. The van der Waals surface area contributed by atoms with Gasteiger partial charge in [0.05, 0.1) is 16.1 Å². The summed E-state index contributed by atoms with van der Waals surface area (Å²) in [5.41, 5.74) is 1.75. The first-order chi connectivity index (χ1) is 19.5. The van der Waals surface area contributed by atoms with E-state index in [2.05, 4.69) is 44.0 Å². The zero-order chi connectivity index (χ0) is 31.1. The molecule has 0 radical (unpaired) electrons. The van der Waals surface area contributed by atoms with Crippen LogP contribution in [0.5, 0.6) is 11.5 Å². The summed E-state index contributed by atoms with van der Waals surface area (Å²) >= 11 is 13.3. The Morgan fingerprint density at radius 2 is 1.45 bits per heavy atom. The van der Waals surface area contributed by atoms with E-state index in [1.54, 1.807) is 6.07 Å². The first-order valence-electron chi connectivity index (χ1n) is 13.6. The molecule has 3 aromatic rings. The van der Waals surface area contributed by atoms with Crippen LogP contribution in [0.4, 0.5) is 13.2 Å². The van der Waals surface area contributed by atoms with Crippen LogP contribution in [0.2, 0.25) is 61.4 Å². The van der Waals surface area contributed by atoms with Gasteiger partial charge in [0.1, 0.15) is 49.1 Å². The largest absolute Gasteiger partial charge is 0.573 e. The van der Waals surface area contributed by atoms with Crippen LogP contribution in [0, 0.1) is 0 Å². The maximum Gasteiger partial charge on any atom is 0.573 e. The molecule has 14 heteroatoms. The predicted molar refractivity (Wildman–Crippen MR) is 165 cm³/mol. The summed E-state index contributed by atoms with van der Waals surface area (Å²) in [4.78, 5) is 4.73. The third-order valence-electron chi connectivity index (χ3n) is 6.12. The predicted octanol–water partition coefficient (Wildman–Crippen LogP) is 8.96. The number of hydrogen-bond donors (Lipinski definition) is 0. The van der Waals surface area contributed by atoms with Crippen molar-refractivity contribution < 1.29 is 36.9 Å². The molecule has 1 aromatic heterocycles. The number of rotatable bonds is 16. The van der Waals surface area contributed by atoms with Crippen molar-refractivity contribution in [2.45, 2.75) is 77.7 Å². The topological polar surface area (TPSA) is 64.0 Å². The number of benzene rings is 2. The number of aromatic nitrogens is 2. The maximum atomic E-state index is 12.4. The Balaban J connectivity index is 1.76. The number of nitrogens with zero attached hydrogens (tertiary/aromatic N) is 2. The zero-order valence-electron chi connectivity index (χ0n) is 24.9. The molecule has 0 aliphatic rings. The van der Waals surface area contributed by atoms with Crippen molar-refractivity contribution in [2.24, 2.45) is 0 Å². The van der Waals surface area contributed by atoms with E-state index in [9.17, 15) is 13.2 Å². The third-order valence-corrected chi connectivity index (χ3v) is 10.4. The standard InChI is InChI=1S/C28H39Cl2F3N2O5Si2/c1-41(2,3)13-11-36-18-35-24(17-38-19-37-12-14-42(4,5)6)34-22-15-23(25(29)26(30)27(22)35)39-16-20-7-9-21(10-8-20)40-28(31,32)33/h7-10,15H,11-14,16-19H2,1-6H3. The van der Waals surface area contributed by atoms with Crippen molar-refractivity contribution in [3.05, 3.63) is 51.8 Å². The van der Waals surface area contributed by atoms with E-state index in [-0.39, 0.29) is 48.3 Å². The van der Waals surface area contributed by atoms with Crippen molar-refractivity contribution in [2.75, 3.05) is 20.0 Å². The van der Waals surface area contributed by atoms with Crippen molar-refractivity contribution in [1.29, 1.82) is 0 Å². The van der Waals surface area contributed by atoms with Crippen molar-refractivity contribution in [3.8, 4) is 11.5 Å². The minimum Gasteiger partial charge on any atom is -0.487 e. The van der Waals surface area contributed by atoms with Gasteiger partial charge in [-0.1, -0.05) is 74.6 Å². The van der Waals surface area contributed by atoms with Gasteiger partial charge in [0.2, 0.25) is 0 Å². The van der Waals surface area contributed by atoms with Gasteiger partial charge >= 0.3 is 6.36 Å². The Morgan fingerprint density at radius 3 is 2.05 bits per heavy atom. The number of imidazole rings is 1. The van der Waals surface area contributed by atoms with Gasteiger partial charge in [-0.2, -0.15) is 0 Å². The van der Waals surface area contributed by atoms with E-state index in [0.29, 0.717) is 35.6 Å². The lowest BCUT2D eigenvalue weighted by molar-refractivity contribution is -0.274. The quantitative estimate of drug-likeness (QED) is 0.0864. The summed E-state index contributed by atoms with van der Waals surface area (Å²) in [5.74, 6) is 0.570. The molecule has 234 valence electrons. The number of alkyl halides is 3. The zero-order valence-corrected chi connectivity index (χ0v) is 28.4. The summed E-state index contributed by atoms with van der Waals surface area (Å²) in [6.07, 6.45) is -4.76. The lowest BCUT2D eigenvalue weighted by Crippen LogP contribution is -2.22. The molecule has 0 aliphatic heterocycles. The SMILES string of the molecule is C[Si](C)(C)CCOCOCc1nc2cc(OCc3ccc(OC(F)(F)F)cc3)c(Cl)c(Cl)c2n1COCC[Si](C)(C)C. The molecule has 0 aliphatic carbocycles. The molecule has 1 heterocycles. The Labute approximate surface area is 257 Å². The van der Waals surface area contributed by atoms with Crippen LogP contribution in [0.1, 0.15) is 11.4 Å². The molecule has 0 amide bonds. The average molecular weight is 668 g/mol. The van der Waals surface area contributed by atoms with Crippen molar-refractivity contribution in [1.82, 2.24) is 9.55 Å². The van der Waals surface area contributed by atoms with Crippen LogP contribution < -0.4 is 9.47 Å². The number of fused-ring (bicyclic) bond motifs is 1. The Morgan fingerprint density at radius 1 is 0.833 bits per heavy atom. The fourth-order valence-electron chi connectivity index (χ4n) is 3.72. The molecular weight excluding hydrogens is 628 g/mol. The van der Waals surface area contributed by atoms with Crippen molar-refractivity contribution >= 4 is 50.4 Å². The number of hydrogen-bond acceptors (Lipinski definition) is 6. The van der Waals surface area contributed by atoms with E-state index < -0.39 is 22.5 Å². The summed E-state index contributed by atoms with van der Waals surface area (Å²) in [7, 11) is -2.48. The molecule has 0 unspecified atom stereocenters. The molecule has 0 bridgehead atoms. The van der Waals surface area contributed by atoms with E-state index >= 15 is 0 Å². The highest BCUT2D eigenvalue weighted by atomic mass is 35.5. The second-order valence-corrected chi connectivity index (χ2v) is 24.3. The molecule has 2 aromatic carbocycles. The van der Waals surface area contributed by atoms with Gasteiger partial charge in [-0.05, 0) is 29.8 Å². The molecule has 3 rings (SSSR count). The molecule has 42 heavy (non-hydrogen) atoms. The van der Waals surface area contributed by atoms with Gasteiger partial charge in [-0.3, -0.25) is 0 Å². The van der Waals surface area contributed by atoms with E-state index in [1.165, 1.54) is 24.3 Å². The van der Waals surface area contributed by atoms with Crippen molar-refractivity contribution in [3.63, 3.8) is 0 Å². The minimum absolute atomic E-state index is 0.0408. The fraction of sp³-hybridized carbons (Fsp3) is 0.536. The highest BCUT2D eigenvalue weighted by Crippen LogP contribution is 2.39. The molecule has 0 saturated heterocycles. The maximum absolute atomic E-state index is 12.4. The van der Waals surface area contributed by atoms with Crippen LogP contribution >= 0.6 is 23.2 Å². The molecule has 0 saturated carbocycles. The fourth-order valence-corrected chi connectivity index (χ4v) is 5.72. The van der Waals surface area contributed by atoms with Gasteiger partial charge < -0.3 is 28.3 Å². The third kappa shape index (κ3) is 11.4. The van der Waals surface area contributed by atoms with Crippen LogP contribution in [0.25, 0.3) is 11.0 Å². The molecular formula is C28H39Cl2F3N2O5Si2. The first kappa shape index (κ1) is 34.7. The van der Waals surface area contributed by atoms with Gasteiger partial charge in [0.15, 0.2) is 0 Å². The van der Waals surface area contributed by atoms with Crippen LogP contribution in [-0.2, 0) is 34.2 Å². The Kier molecular flexibility index (Phi) is 12.2. The Hall–Kier alpha value is -1.81. The smallest absolute Gasteiger partial charge is 0.487 e. The molecule has 0 spiro atoms. The summed E-state index contributed by atoms with van der Waals surface area (Å²) < 4.78 is 66.4. The summed E-state index contributed by atoms with van der Waals surface area (Å²) in [6, 6.07) is 9.11. The van der Waals surface area contributed by atoms with Crippen LogP contribution in [-0.4, -0.2) is 52.1 Å². The Bertz CT molecular complexity index is 1310. The van der Waals surface area contributed by atoms with Crippen LogP contribution in [0.15, 0.2) is 30.3 Å². The van der Waals surface area contributed by atoms with E-state index in [0.717, 1.165) is 12.1 Å². The first-order valence-corrected chi connectivity index (χ1v) is 21.8. The lowest BCUT2D eigenvalue weighted by atomic mass is 10.2.